The number of ether oxygens (including phenoxy) is 2. The standard InChI is InChI=1S/C20H23N3O2S/c1-12-11-23-18(14-8-9-16(24-3)13(2)19(14)25-4)17(22-20(23)26-12)15-7-5-6-10-21-15/h5-10,12,17-18H,11H2,1-4H3/t12-,17-,18+/m0/s1. The summed E-state index contributed by atoms with van der Waals surface area (Å²) in [7, 11) is 3.41. The van der Waals surface area contributed by atoms with Crippen LogP contribution in [-0.2, 0) is 0 Å². The van der Waals surface area contributed by atoms with E-state index in [0.29, 0.717) is 5.25 Å². The van der Waals surface area contributed by atoms with Crippen LogP contribution in [0.3, 0.4) is 0 Å². The first kappa shape index (κ1) is 17.2. The number of benzene rings is 1. The molecule has 3 heterocycles. The van der Waals surface area contributed by atoms with Crippen LogP contribution in [0, 0.1) is 6.92 Å². The van der Waals surface area contributed by atoms with Crippen LogP contribution in [0.1, 0.15) is 35.8 Å². The number of aromatic nitrogens is 1. The first-order valence-electron chi connectivity index (χ1n) is 8.77. The van der Waals surface area contributed by atoms with Crippen molar-refractivity contribution in [2.75, 3.05) is 20.8 Å². The van der Waals surface area contributed by atoms with Crippen LogP contribution in [0.2, 0.25) is 0 Å². The smallest absolute Gasteiger partial charge is 0.160 e. The van der Waals surface area contributed by atoms with Crippen LogP contribution >= 0.6 is 11.8 Å². The Hall–Kier alpha value is -2.21. The van der Waals surface area contributed by atoms with Crippen LogP contribution in [0.15, 0.2) is 41.5 Å². The van der Waals surface area contributed by atoms with Gasteiger partial charge in [-0.25, -0.2) is 0 Å². The lowest BCUT2D eigenvalue weighted by molar-refractivity contribution is 0.305. The molecule has 26 heavy (non-hydrogen) atoms. The van der Waals surface area contributed by atoms with Crippen molar-refractivity contribution in [1.82, 2.24) is 9.88 Å². The average molecular weight is 369 g/mol. The number of aliphatic imine (C=N–C) groups is 1. The van der Waals surface area contributed by atoms with Gasteiger partial charge in [0.2, 0.25) is 0 Å². The fraction of sp³-hybridized carbons (Fsp3) is 0.400. The molecular formula is C20H23N3O2S. The summed E-state index contributed by atoms with van der Waals surface area (Å²) < 4.78 is 11.3. The SMILES string of the molecule is COc1ccc([C@@H]2[C@H](c3ccccn3)N=C3S[C@@H](C)CN32)c(OC)c1C. The molecule has 5 nitrogen and oxygen atoms in total. The molecule has 136 valence electrons. The van der Waals surface area contributed by atoms with Crippen LogP contribution in [0.25, 0.3) is 0 Å². The van der Waals surface area contributed by atoms with Gasteiger partial charge in [-0.15, -0.1) is 0 Å². The Bertz CT molecular complexity index is 840. The quantitative estimate of drug-likeness (QED) is 0.815. The molecule has 0 spiro atoms. The van der Waals surface area contributed by atoms with E-state index >= 15 is 0 Å². The molecule has 0 bridgehead atoms. The van der Waals surface area contributed by atoms with E-state index in [9.17, 15) is 0 Å². The van der Waals surface area contributed by atoms with Crippen molar-refractivity contribution in [3.05, 3.63) is 53.3 Å². The minimum Gasteiger partial charge on any atom is -0.496 e. The van der Waals surface area contributed by atoms with Crippen LogP contribution in [-0.4, -0.2) is 41.1 Å². The summed E-state index contributed by atoms with van der Waals surface area (Å²) in [5.74, 6) is 1.71. The van der Waals surface area contributed by atoms with Crippen LogP contribution in [0.4, 0.5) is 0 Å². The predicted octanol–water partition coefficient (Wildman–Crippen LogP) is 4.00. The number of rotatable bonds is 4. The highest BCUT2D eigenvalue weighted by atomic mass is 32.2. The summed E-state index contributed by atoms with van der Waals surface area (Å²) in [4.78, 5) is 12.0. The molecule has 1 aromatic carbocycles. The first-order chi connectivity index (χ1) is 12.6. The number of amidine groups is 1. The van der Waals surface area contributed by atoms with Crippen molar-refractivity contribution < 1.29 is 9.47 Å². The van der Waals surface area contributed by atoms with Crippen LogP contribution in [0.5, 0.6) is 11.5 Å². The zero-order chi connectivity index (χ0) is 18.3. The molecule has 3 atom stereocenters. The summed E-state index contributed by atoms with van der Waals surface area (Å²) in [6.45, 7) is 5.26. The number of hydrogen-bond donors (Lipinski definition) is 0. The van der Waals surface area contributed by atoms with Crippen molar-refractivity contribution in [2.45, 2.75) is 31.2 Å². The lowest BCUT2D eigenvalue weighted by Crippen LogP contribution is -2.29. The van der Waals surface area contributed by atoms with E-state index in [1.165, 1.54) is 0 Å². The van der Waals surface area contributed by atoms with Crippen molar-refractivity contribution in [3.63, 3.8) is 0 Å². The second kappa shape index (κ2) is 6.83. The maximum atomic E-state index is 5.81. The van der Waals surface area contributed by atoms with E-state index in [0.717, 1.165) is 40.0 Å². The van der Waals surface area contributed by atoms with E-state index in [1.807, 2.05) is 43.1 Å². The van der Waals surface area contributed by atoms with Gasteiger partial charge in [-0.05, 0) is 31.2 Å². The Morgan fingerprint density at radius 2 is 2.00 bits per heavy atom. The first-order valence-corrected chi connectivity index (χ1v) is 9.65. The minimum absolute atomic E-state index is 0.0344. The molecule has 1 fully saturated rings. The number of fused-ring (bicyclic) bond motifs is 1. The lowest BCUT2D eigenvalue weighted by atomic mass is 9.93. The molecule has 1 saturated heterocycles. The Balaban J connectivity index is 1.84. The molecule has 0 saturated carbocycles. The van der Waals surface area contributed by atoms with Gasteiger partial charge in [0.15, 0.2) is 5.17 Å². The highest BCUT2D eigenvalue weighted by Crippen LogP contribution is 2.50. The minimum atomic E-state index is -0.0344. The van der Waals surface area contributed by atoms with E-state index in [2.05, 4.69) is 28.9 Å². The zero-order valence-electron chi connectivity index (χ0n) is 15.5. The second-order valence-corrected chi connectivity index (χ2v) is 8.06. The molecule has 1 aromatic heterocycles. The largest absolute Gasteiger partial charge is 0.496 e. The fourth-order valence-corrected chi connectivity index (χ4v) is 4.97. The van der Waals surface area contributed by atoms with Gasteiger partial charge in [-0.3, -0.25) is 9.98 Å². The Morgan fingerprint density at radius 1 is 1.15 bits per heavy atom. The lowest BCUT2D eigenvalue weighted by Gasteiger charge is -2.29. The summed E-state index contributed by atoms with van der Waals surface area (Å²) >= 11 is 1.84. The maximum absolute atomic E-state index is 5.81. The Morgan fingerprint density at radius 3 is 2.69 bits per heavy atom. The molecule has 0 amide bonds. The fourth-order valence-electron chi connectivity index (χ4n) is 3.87. The molecule has 2 aliphatic heterocycles. The van der Waals surface area contributed by atoms with Crippen molar-refractivity contribution >= 4 is 16.9 Å². The molecule has 0 radical (unpaired) electrons. The summed E-state index contributed by atoms with van der Waals surface area (Å²) in [6.07, 6.45) is 1.84. The summed E-state index contributed by atoms with van der Waals surface area (Å²) in [5, 5.41) is 1.64. The van der Waals surface area contributed by atoms with Gasteiger partial charge >= 0.3 is 0 Å². The Kier molecular flexibility index (Phi) is 4.53. The summed E-state index contributed by atoms with van der Waals surface area (Å²) in [6, 6.07) is 10.2. The van der Waals surface area contributed by atoms with Gasteiger partial charge in [0.1, 0.15) is 17.5 Å². The molecule has 0 unspecified atom stereocenters. The third-order valence-electron chi connectivity index (χ3n) is 5.01. The number of hydrogen-bond acceptors (Lipinski definition) is 6. The number of nitrogens with zero attached hydrogens (tertiary/aromatic N) is 3. The third kappa shape index (κ3) is 2.72. The molecule has 2 aromatic rings. The molecule has 2 aliphatic rings. The van der Waals surface area contributed by atoms with Crippen molar-refractivity contribution in [1.29, 1.82) is 0 Å². The summed E-state index contributed by atoms with van der Waals surface area (Å²) in [5.41, 5.74) is 3.14. The van der Waals surface area contributed by atoms with Crippen molar-refractivity contribution in [2.24, 2.45) is 4.99 Å². The van der Waals surface area contributed by atoms with E-state index in [4.69, 9.17) is 14.5 Å². The number of pyridine rings is 1. The maximum Gasteiger partial charge on any atom is 0.160 e. The number of methoxy groups -OCH3 is 2. The van der Waals surface area contributed by atoms with E-state index in [1.54, 1.807) is 14.2 Å². The zero-order valence-corrected chi connectivity index (χ0v) is 16.3. The normalized spacial score (nSPS) is 24.4. The van der Waals surface area contributed by atoms with Gasteiger partial charge in [-0.2, -0.15) is 0 Å². The van der Waals surface area contributed by atoms with Gasteiger partial charge < -0.3 is 14.4 Å². The predicted molar refractivity (Wildman–Crippen MR) is 105 cm³/mol. The molecule has 4 rings (SSSR count). The topological polar surface area (TPSA) is 47.0 Å². The second-order valence-electron chi connectivity index (χ2n) is 6.65. The highest BCUT2D eigenvalue weighted by Gasteiger charge is 2.44. The highest BCUT2D eigenvalue weighted by molar-refractivity contribution is 8.14. The van der Waals surface area contributed by atoms with Crippen LogP contribution < -0.4 is 9.47 Å². The molecule has 0 N–H and O–H groups in total. The molecule has 6 heteroatoms. The number of thioether (sulfide) groups is 1. The van der Waals surface area contributed by atoms with Gasteiger partial charge in [0.25, 0.3) is 0 Å². The van der Waals surface area contributed by atoms with E-state index < -0.39 is 0 Å². The van der Waals surface area contributed by atoms with Crippen molar-refractivity contribution in [3.8, 4) is 11.5 Å². The molecule has 0 aliphatic carbocycles. The Labute approximate surface area is 158 Å². The monoisotopic (exact) mass is 369 g/mol. The van der Waals surface area contributed by atoms with Gasteiger partial charge in [0.05, 0.1) is 26.0 Å². The average Bonchev–Trinajstić information content (AvgIpc) is 3.18. The third-order valence-corrected chi connectivity index (χ3v) is 6.11. The van der Waals surface area contributed by atoms with Gasteiger partial charge in [0, 0.05) is 29.1 Å². The van der Waals surface area contributed by atoms with Gasteiger partial charge in [-0.1, -0.05) is 24.8 Å². The molecular weight excluding hydrogens is 346 g/mol. The van der Waals surface area contributed by atoms with E-state index in [-0.39, 0.29) is 12.1 Å².